The normalized spacial score (nSPS) is 14.7. The second kappa shape index (κ2) is 9.73. The minimum atomic E-state index is -4.46. The van der Waals surface area contributed by atoms with Gasteiger partial charge in [-0.2, -0.15) is 13.2 Å². The predicted molar refractivity (Wildman–Crippen MR) is 124 cm³/mol. The lowest BCUT2D eigenvalue weighted by Gasteiger charge is -2.36. The molecule has 1 aliphatic rings. The van der Waals surface area contributed by atoms with Crippen molar-refractivity contribution in [2.45, 2.75) is 11.1 Å². The molecular formula is C25H20F6N2O3S. The van der Waals surface area contributed by atoms with Crippen molar-refractivity contribution in [3.63, 3.8) is 0 Å². The second-order valence-corrected chi connectivity index (χ2v) is 10.6. The van der Waals surface area contributed by atoms with E-state index >= 15 is 0 Å². The monoisotopic (exact) mass is 542 g/mol. The Labute approximate surface area is 208 Å². The molecule has 1 aliphatic heterocycles. The number of halogens is 6. The molecule has 0 bridgehead atoms. The number of sulfone groups is 1. The summed E-state index contributed by atoms with van der Waals surface area (Å²) in [6.07, 6.45) is -3.52. The summed E-state index contributed by atoms with van der Waals surface area (Å²) >= 11 is 0. The third-order valence-corrected chi connectivity index (χ3v) is 7.18. The van der Waals surface area contributed by atoms with E-state index in [1.807, 2.05) is 0 Å². The van der Waals surface area contributed by atoms with Crippen LogP contribution in [0.3, 0.4) is 0 Å². The molecule has 3 aromatic rings. The number of hydrogen-bond acceptors (Lipinski definition) is 4. The van der Waals surface area contributed by atoms with Gasteiger partial charge in [-0.25, -0.2) is 21.6 Å². The van der Waals surface area contributed by atoms with Gasteiger partial charge in [0.2, 0.25) is 0 Å². The highest BCUT2D eigenvalue weighted by Crippen LogP contribution is 2.32. The molecule has 1 heterocycles. The molecule has 196 valence electrons. The van der Waals surface area contributed by atoms with Crippen LogP contribution in [0.1, 0.15) is 15.9 Å². The van der Waals surface area contributed by atoms with Gasteiger partial charge in [-0.1, -0.05) is 6.07 Å². The predicted octanol–water partition coefficient (Wildman–Crippen LogP) is 5.16. The van der Waals surface area contributed by atoms with E-state index in [4.69, 9.17) is 0 Å². The Morgan fingerprint density at radius 2 is 1.41 bits per heavy atom. The zero-order chi connectivity index (χ0) is 27.1. The Morgan fingerprint density at radius 1 is 0.838 bits per heavy atom. The van der Waals surface area contributed by atoms with E-state index in [-0.39, 0.29) is 47.8 Å². The largest absolute Gasteiger partial charge is 0.416 e. The lowest BCUT2D eigenvalue weighted by Crippen LogP contribution is -2.49. The Bertz CT molecular complexity index is 1430. The van der Waals surface area contributed by atoms with E-state index in [0.717, 1.165) is 24.5 Å². The third-order valence-electron chi connectivity index (χ3n) is 6.07. The summed E-state index contributed by atoms with van der Waals surface area (Å²) in [5, 5.41) is 0. The smallest absolute Gasteiger partial charge is 0.368 e. The fourth-order valence-corrected chi connectivity index (χ4v) is 4.74. The van der Waals surface area contributed by atoms with Crippen LogP contribution >= 0.6 is 0 Å². The number of piperazine rings is 1. The summed E-state index contributed by atoms with van der Waals surface area (Å²) in [5.41, 5.74) is -0.519. The van der Waals surface area contributed by atoms with Gasteiger partial charge in [0.15, 0.2) is 27.3 Å². The number of hydrogen-bond donors (Lipinski definition) is 0. The number of amides is 1. The van der Waals surface area contributed by atoms with Crippen molar-refractivity contribution < 1.29 is 39.6 Å². The van der Waals surface area contributed by atoms with Crippen LogP contribution in [0.5, 0.6) is 0 Å². The number of benzene rings is 3. The van der Waals surface area contributed by atoms with Gasteiger partial charge in [-0.05, 0) is 59.7 Å². The van der Waals surface area contributed by atoms with Gasteiger partial charge in [0.05, 0.1) is 10.5 Å². The highest BCUT2D eigenvalue weighted by molar-refractivity contribution is 7.90. The highest BCUT2D eigenvalue weighted by atomic mass is 32.2. The highest BCUT2D eigenvalue weighted by Gasteiger charge is 2.31. The molecule has 0 aliphatic carbocycles. The Kier molecular flexibility index (Phi) is 6.97. The molecule has 1 amide bonds. The molecule has 0 atom stereocenters. The molecule has 0 unspecified atom stereocenters. The molecule has 12 heteroatoms. The fraction of sp³-hybridized carbons (Fsp3) is 0.240. The van der Waals surface area contributed by atoms with Crippen molar-refractivity contribution in [3.05, 3.63) is 83.2 Å². The van der Waals surface area contributed by atoms with Crippen molar-refractivity contribution in [2.75, 3.05) is 37.3 Å². The summed E-state index contributed by atoms with van der Waals surface area (Å²) in [6.45, 7) is 0.846. The minimum absolute atomic E-state index is 0.0142. The van der Waals surface area contributed by atoms with Crippen molar-refractivity contribution in [1.29, 1.82) is 0 Å². The molecule has 4 rings (SSSR count). The van der Waals surface area contributed by atoms with Crippen LogP contribution in [0.25, 0.3) is 11.1 Å². The van der Waals surface area contributed by atoms with Gasteiger partial charge >= 0.3 is 6.18 Å². The minimum Gasteiger partial charge on any atom is -0.368 e. The lowest BCUT2D eigenvalue weighted by molar-refractivity contribution is -0.137. The zero-order valence-electron chi connectivity index (χ0n) is 19.3. The zero-order valence-corrected chi connectivity index (χ0v) is 20.1. The fourth-order valence-electron chi connectivity index (χ4n) is 4.09. The van der Waals surface area contributed by atoms with Crippen LogP contribution in [-0.4, -0.2) is 51.7 Å². The Hall–Kier alpha value is -3.54. The van der Waals surface area contributed by atoms with Gasteiger partial charge < -0.3 is 9.80 Å². The van der Waals surface area contributed by atoms with Gasteiger partial charge in [0.1, 0.15) is 0 Å². The first-order valence-corrected chi connectivity index (χ1v) is 12.9. The molecule has 5 nitrogen and oxygen atoms in total. The SMILES string of the molecule is CS(=O)(=O)c1ccc(-c2cc(F)c(F)c(F)c2)c(C(=O)N2CCN(c3ccc(C(F)(F)F)cc3)CC2)c1. The Balaban J connectivity index is 1.61. The van der Waals surface area contributed by atoms with Crippen molar-refractivity contribution in [2.24, 2.45) is 0 Å². The van der Waals surface area contributed by atoms with E-state index in [0.29, 0.717) is 17.8 Å². The number of carbonyl (C=O) groups excluding carboxylic acids is 1. The Morgan fingerprint density at radius 3 is 1.92 bits per heavy atom. The van der Waals surface area contributed by atoms with Gasteiger partial charge in [0, 0.05) is 43.7 Å². The summed E-state index contributed by atoms with van der Waals surface area (Å²) in [4.78, 5) is 16.4. The van der Waals surface area contributed by atoms with Crippen LogP contribution in [0.2, 0.25) is 0 Å². The average Bonchev–Trinajstić information content (AvgIpc) is 2.85. The standard InChI is InChI=1S/C25H20F6N2O3S/c1-37(35,36)18-6-7-19(15-12-21(26)23(28)22(27)13-15)20(14-18)24(34)33-10-8-32(9-11-33)17-4-2-16(3-5-17)25(29,30)31/h2-7,12-14H,8-11H2,1H3. The average molecular weight is 543 g/mol. The molecular weight excluding hydrogens is 522 g/mol. The maximum Gasteiger partial charge on any atom is 0.416 e. The van der Waals surface area contributed by atoms with E-state index in [1.165, 1.54) is 29.2 Å². The third kappa shape index (κ3) is 5.58. The molecule has 0 aromatic heterocycles. The molecule has 0 saturated carbocycles. The summed E-state index contributed by atoms with van der Waals surface area (Å²) in [7, 11) is -3.74. The van der Waals surface area contributed by atoms with Crippen molar-refractivity contribution in [1.82, 2.24) is 4.90 Å². The number of anilines is 1. The summed E-state index contributed by atoms with van der Waals surface area (Å²) < 4.78 is 104. The van der Waals surface area contributed by atoms with Crippen LogP contribution < -0.4 is 4.90 Å². The lowest BCUT2D eigenvalue weighted by atomic mass is 9.98. The maximum atomic E-state index is 13.9. The van der Waals surface area contributed by atoms with E-state index in [2.05, 4.69) is 0 Å². The first-order valence-electron chi connectivity index (χ1n) is 11.0. The molecule has 37 heavy (non-hydrogen) atoms. The molecule has 0 spiro atoms. The van der Waals surface area contributed by atoms with E-state index < -0.39 is 44.9 Å². The molecule has 0 N–H and O–H groups in total. The van der Waals surface area contributed by atoms with E-state index in [9.17, 15) is 39.6 Å². The summed E-state index contributed by atoms with van der Waals surface area (Å²) in [6, 6.07) is 9.57. The second-order valence-electron chi connectivity index (χ2n) is 8.56. The van der Waals surface area contributed by atoms with Crippen molar-refractivity contribution >= 4 is 21.4 Å². The number of rotatable bonds is 4. The molecule has 3 aromatic carbocycles. The molecule has 1 saturated heterocycles. The first-order chi connectivity index (χ1) is 17.3. The number of alkyl halides is 3. The maximum absolute atomic E-state index is 13.9. The quantitative estimate of drug-likeness (QED) is 0.338. The van der Waals surface area contributed by atoms with E-state index in [1.54, 1.807) is 4.90 Å². The number of carbonyl (C=O) groups is 1. The topological polar surface area (TPSA) is 57.7 Å². The molecule has 0 radical (unpaired) electrons. The van der Waals surface area contributed by atoms with Crippen molar-refractivity contribution in [3.8, 4) is 11.1 Å². The van der Waals surface area contributed by atoms with Gasteiger partial charge in [-0.3, -0.25) is 4.79 Å². The van der Waals surface area contributed by atoms with Crippen LogP contribution in [0.4, 0.5) is 32.0 Å². The van der Waals surface area contributed by atoms with Crippen LogP contribution in [0.15, 0.2) is 59.5 Å². The number of nitrogens with zero attached hydrogens (tertiary/aromatic N) is 2. The van der Waals surface area contributed by atoms with Gasteiger partial charge in [0.25, 0.3) is 5.91 Å². The van der Waals surface area contributed by atoms with Crippen LogP contribution in [-0.2, 0) is 16.0 Å². The van der Waals surface area contributed by atoms with Crippen LogP contribution in [0, 0.1) is 17.5 Å². The first kappa shape index (κ1) is 26.5. The summed E-state index contributed by atoms with van der Waals surface area (Å²) in [5.74, 6) is -5.22. The molecule has 1 fully saturated rings. The van der Waals surface area contributed by atoms with Gasteiger partial charge in [-0.15, -0.1) is 0 Å².